The van der Waals surface area contributed by atoms with Crippen molar-refractivity contribution in [2.24, 2.45) is 5.41 Å². The molecule has 4 nitrogen and oxygen atoms in total. The van der Waals surface area contributed by atoms with E-state index in [2.05, 4.69) is 103 Å². The van der Waals surface area contributed by atoms with E-state index in [9.17, 15) is 4.79 Å². The molecule has 1 amide bonds. The largest absolute Gasteiger partial charge is 1.00 e. The normalized spacial score (nSPS) is 15.3. The maximum Gasteiger partial charge on any atom is 0.263 e. The Kier molecular flexibility index (Phi) is 10.0. The SMILES string of the molecule is CC(=O)N(C=CC1=CC(=Cc2sc3ccccc3[n+]2CCOc2cccc3ccccc23)CC(C)(C)C1)c1ccccc1.[I-]. The molecule has 0 saturated carbocycles. The van der Waals surface area contributed by atoms with E-state index in [4.69, 9.17) is 4.74 Å². The van der Waals surface area contributed by atoms with E-state index in [1.807, 2.05) is 47.9 Å². The molecule has 6 rings (SSSR count). The minimum Gasteiger partial charge on any atom is -1.00 e. The molecular weight excluding hydrogens is 675 g/mol. The lowest BCUT2D eigenvalue weighted by Crippen LogP contribution is -3.00. The Labute approximate surface area is 281 Å². The predicted molar refractivity (Wildman–Crippen MR) is 179 cm³/mol. The highest BCUT2D eigenvalue weighted by atomic mass is 127. The second-order valence-electron chi connectivity index (χ2n) is 11.9. The zero-order valence-corrected chi connectivity index (χ0v) is 28.3. The van der Waals surface area contributed by atoms with Gasteiger partial charge < -0.3 is 28.7 Å². The van der Waals surface area contributed by atoms with Gasteiger partial charge in [-0.2, -0.15) is 4.57 Å². The van der Waals surface area contributed by atoms with E-state index in [-0.39, 0.29) is 35.3 Å². The van der Waals surface area contributed by atoms with Gasteiger partial charge >= 0.3 is 0 Å². The molecular formula is C38H37IN2O2S. The number of allylic oxidation sites excluding steroid dienone is 4. The summed E-state index contributed by atoms with van der Waals surface area (Å²) in [7, 11) is 0. The fourth-order valence-electron chi connectivity index (χ4n) is 5.96. The topological polar surface area (TPSA) is 33.4 Å². The van der Waals surface area contributed by atoms with Crippen LogP contribution >= 0.6 is 11.3 Å². The molecule has 5 aromatic rings. The van der Waals surface area contributed by atoms with Crippen LogP contribution in [0.4, 0.5) is 5.69 Å². The van der Waals surface area contributed by atoms with Crippen molar-refractivity contribution >= 4 is 50.0 Å². The molecule has 6 heteroatoms. The first-order valence-electron chi connectivity index (χ1n) is 14.8. The Bertz CT molecular complexity index is 1870. The molecule has 224 valence electrons. The van der Waals surface area contributed by atoms with Crippen molar-refractivity contribution < 1.29 is 38.1 Å². The molecule has 0 atom stereocenters. The van der Waals surface area contributed by atoms with Crippen LogP contribution in [0.25, 0.3) is 27.1 Å². The molecule has 0 unspecified atom stereocenters. The number of para-hydroxylation sites is 2. The summed E-state index contributed by atoms with van der Waals surface area (Å²) in [6, 6.07) is 33.0. The number of anilines is 1. The van der Waals surface area contributed by atoms with Gasteiger partial charge in [-0.1, -0.05) is 98.0 Å². The van der Waals surface area contributed by atoms with Crippen LogP contribution in [0.3, 0.4) is 0 Å². The van der Waals surface area contributed by atoms with Gasteiger partial charge in [0.15, 0.2) is 6.54 Å². The summed E-state index contributed by atoms with van der Waals surface area (Å²) in [6.07, 6.45) is 10.6. The average molecular weight is 713 g/mol. The number of nitrogens with zero attached hydrogens (tertiary/aromatic N) is 2. The van der Waals surface area contributed by atoms with Gasteiger partial charge in [0, 0.05) is 36.3 Å². The van der Waals surface area contributed by atoms with Gasteiger partial charge in [-0.25, -0.2) is 0 Å². The standard InChI is InChI=1S/C38H37N2O2S.HI/c1-28(41)39(32-14-5-4-6-15-32)21-20-29-24-30(27-38(2,3)26-29)25-37-40(34-17-9-10-19-36(34)43-37)22-23-42-35-18-11-13-31-12-7-8-16-33(31)35;/h4-21,24-25H,22-23,26-27H2,1-3H3;1H/q+1;/p-1. The van der Waals surface area contributed by atoms with Gasteiger partial charge in [-0.05, 0) is 65.1 Å². The molecule has 44 heavy (non-hydrogen) atoms. The third-order valence-corrected chi connectivity index (χ3v) is 8.93. The van der Waals surface area contributed by atoms with Gasteiger partial charge in [-0.3, -0.25) is 9.69 Å². The van der Waals surface area contributed by atoms with Crippen LogP contribution in [0.5, 0.6) is 5.75 Å². The molecule has 0 bridgehead atoms. The Balaban J connectivity index is 0.00000384. The fraction of sp³-hybridized carbons (Fsp3) is 0.211. The number of hydrogen-bond donors (Lipinski definition) is 0. The summed E-state index contributed by atoms with van der Waals surface area (Å²) in [5, 5.41) is 3.54. The molecule has 1 aromatic heterocycles. The van der Waals surface area contributed by atoms with E-state index < -0.39 is 0 Å². The number of fused-ring (bicyclic) bond motifs is 2. The number of ether oxygens (including phenoxy) is 1. The summed E-state index contributed by atoms with van der Waals surface area (Å²) >= 11 is 1.82. The second kappa shape index (κ2) is 13.9. The molecule has 0 N–H and O–H groups in total. The lowest BCUT2D eigenvalue weighted by atomic mass is 9.75. The van der Waals surface area contributed by atoms with Gasteiger partial charge in [0.25, 0.3) is 5.01 Å². The maximum atomic E-state index is 12.4. The van der Waals surface area contributed by atoms with Crippen LogP contribution < -0.4 is 38.2 Å². The first-order valence-corrected chi connectivity index (χ1v) is 15.6. The minimum absolute atomic E-state index is 0. The number of carbonyl (C=O) groups is 1. The summed E-state index contributed by atoms with van der Waals surface area (Å²) in [4.78, 5) is 14.2. The van der Waals surface area contributed by atoms with Crippen molar-refractivity contribution in [3.8, 4) is 5.75 Å². The van der Waals surface area contributed by atoms with E-state index in [1.54, 1.807) is 11.8 Å². The Morgan fingerprint density at radius 1 is 0.932 bits per heavy atom. The number of halogens is 1. The number of rotatable bonds is 8. The van der Waals surface area contributed by atoms with Crippen LogP contribution in [0.2, 0.25) is 0 Å². The minimum atomic E-state index is -0.00841. The van der Waals surface area contributed by atoms with E-state index in [0.29, 0.717) is 6.61 Å². The molecule has 0 radical (unpaired) electrons. The number of benzene rings is 4. The molecule has 1 aliphatic rings. The third kappa shape index (κ3) is 7.30. The number of thiazole rings is 1. The molecule has 0 spiro atoms. The molecule has 4 aromatic carbocycles. The van der Waals surface area contributed by atoms with Crippen molar-refractivity contribution in [2.75, 3.05) is 11.5 Å². The highest BCUT2D eigenvalue weighted by Gasteiger charge is 2.27. The Morgan fingerprint density at radius 2 is 1.66 bits per heavy atom. The zero-order chi connectivity index (χ0) is 29.8. The average Bonchev–Trinajstić information content (AvgIpc) is 3.33. The Hall–Kier alpha value is -3.75. The molecule has 1 aliphatic carbocycles. The van der Waals surface area contributed by atoms with Crippen molar-refractivity contribution in [2.45, 2.75) is 40.2 Å². The molecule has 0 aliphatic heterocycles. The summed E-state index contributed by atoms with van der Waals surface area (Å²) in [6.45, 7) is 7.56. The van der Waals surface area contributed by atoms with Gasteiger partial charge in [-0.15, -0.1) is 0 Å². The molecule has 1 heterocycles. The fourth-order valence-corrected chi connectivity index (χ4v) is 7.12. The van der Waals surface area contributed by atoms with Gasteiger partial charge in [0.2, 0.25) is 11.4 Å². The van der Waals surface area contributed by atoms with Crippen molar-refractivity contribution in [3.63, 3.8) is 0 Å². The van der Waals surface area contributed by atoms with Gasteiger partial charge in [0.05, 0.1) is 0 Å². The summed E-state index contributed by atoms with van der Waals surface area (Å²) < 4.78 is 10.0. The third-order valence-electron chi connectivity index (χ3n) is 7.82. The lowest BCUT2D eigenvalue weighted by molar-refractivity contribution is -0.669. The highest BCUT2D eigenvalue weighted by Crippen LogP contribution is 2.39. The zero-order valence-electron chi connectivity index (χ0n) is 25.4. The van der Waals surface area contributed by atoms with Gasteiger partial charge in [0.1, 0.15) is 17.1 Å². The lowest BCUT2D eigenvalue weighted by Gasteiger charge is -2.30. The number of hydrogen-bond acceptors (Lipinski definition) is 3. The maximum absolute atomic E-state index is 12.4. The van der Waals surface area contributed by atoms with E-state index in [1.165, 1.54) is 31.8 Å². The smallest absolute Gasteiger partial charge is 0.263 e. The van der Waals surface area contributed by atoms with Crippen molar-refractivity contribution in [1.29, 1.82) is 0 Å². The van der Waals surface area contributed by atoms with E-state index >= 15 is 0 Å². The van der Waals surface area contributed by atoms with Crippen molar-refractivity contribution in [1.82, 2.24) is 0 Å². The first kappa shape index (κ1) is 31.7. The number of aromatic nitrogens is 1. The van der Waals surface area contributed by atoms with E-state index in [0.717, 1.165) is 36.2 Å². The Morgan fingerprint density at radius 3 is 2.48 bits per heavy atom. The first-order chi connectivity index (χ1) is 20.9. The van der Waals surface area contributed by atoms with Crippen LogP contribution in [-0.4, -0.2) is 12.5 Å². The number of carbonyl (C=O) groups excluding carboxylic acids is 1. The van der Waals surface area contributed by atoms with Crippen LogP contribution in [0, 0.1) is 5.41 Å². The van der Waals surface area contributed by atoms with Crippen LogP contribution in [0.1, 0.15) is 38.6 Å². The summed E-state index contributed by atoms with van der Waals surface area (Å²) in [5.74, 6) is 0.910. The van der Waals surface area contributed by atoms with Crippen LogP contribution in [-0.2, 0) is 11.3 Å². The quantitative estimate of drug-likeness (QED) is 0.144. The van der Waals surface area contributed by atoms with Crippen molar-refractivity contribution in [3.05, 3.63) is 132 Å². The monoisotopic (exact) mass is 712 g/mol. The molecule has 0 fully saturated rings. The van der Waals surface area contributed by atoms with Crippen LogP contribution in [0.15, 0.2) is 127 Å². The summed E-state index contributed by atoms with van der Waals surface area (Å²) in [5.41, 5.74) is 4.71. The molecule has 0 saturated heterocycles. The predicted octanol–water partition coefficient (Wildman–Crippen LogP) is 6.12. The number of amides is 1. The second-order valence-corrected chi connectivity index (χ2v) is 12.9. The highest BCUT2D eigenvalue weighted by molar-refractivity contribution is 7.18.